The molecule has 0 N–H and O–H groups in total. The van der Waals surface area contributed by atoms with Crippen LogP contribution in [0.2, 0.25) is 5.02 Å². The molecule has 0 aromatic rings. The molecule has 0 bridgehead atoms. The second-order valence-electron chi connectivity index (χ2n) is 2.17. The van der Waals surface area contributed by atoms with Crippen LogP contribution in [0.5, 0.6) is 0 Å². The second kappa shape index (κ2) is 6.72. The van der Waals surface area contributed by atoms with Gasteiger partial charge in [0, 0.05) is 0 Å². The molecule has 1 fully saturated rings. The minimum atomic E-state index is 0. The molecular weight excluding hydrogens is 249 g/mol. The quantitative estimate of drug-likeness (QED) is 0.541. The van der Waals surface area contributed by atoms with Crippen LogP contribution in [-0.4, -0.2) is 19.5 Å². The van der Waals surface area contributed by atoms with Crippen LogP contribution in [0.4, 0.5) is 0 Å². The van der Waals surface area contributed by atoms with Crippen LogP contribution in [0.1, 0.15) is 12.8 Å². The molecule has 0 atom stereocenters. The summed E-state index contributed by atoms with van der Waals surface area (Å²) in [5, 5.41) is 1.27. The summed E-state index contributed by atoms with van der Waals surface area (Å²) in [6.45, 7) is 1.79. The van der Waals surface area contributed by atoms with Gasteiger partial charge in [-0.1, -0.05) is 0 Å². The van der Waals surface area contributed by atoms with E-state index in [4.69, 9.17) is 9.47 Å². The van der Waals surface area contributed by atoms with E-state index in [0.29, 0.717) is 0 Å². The Labute approximate surface area is 82.1 Å². The fourth-order valence-corrected chi connectivity index (χ4v) is 1.57. The fourth-order valence-electron chi connectivity index (χ4n) is 0.870. The zero-order valence-electron chi connectivity index (χ0n) is 6.01. The molecule has 0 aromatic heterocycles. The second-order valence-corrected chi connectivity index (χ2v) is 3.65. The van der Waals surface area contributed by atoms with Crippen LogP contribution in [0.3, 0.4) is 0 Å². The molecule has 0 saturated carbocycles. The molecule has 1 heterocycles. The van der Waals surface area contributed by atoms with Crippen molar-refractivity contribution in [3.63, 3.8) is 0 Å². The first kappa shape index (κ1) is 11.0. The average molecular weight is 260 g/mol. The van der Waals surface area contributed by atoms with Gasteiger partial charge < -0.3 is 17.0 Å². The predicted molar refractivity (Wildman–Crippen MR) is 29.7 cm³/mol. The molecule has 4 heteroatoms. The van der Waals surface area contributed by atoms with E-state index in [1.807, 2.05) is 0 Å². The molecule has 2 nitrogen and oxygen atoms in total. The first-order valence-electron chi connectivity index (χ1n) is 3.46. The van der Waals surface area contributed by atoms with Gasteiger partial charge in [0.25, 0.3) is 0 Å². The Morgan fingerprint density at radius 2 is 1.90 bits per heavy atom. The Morgan fingerprint density at radius 3 is 2.40 bits per heavy atom. The maximum absolute atomic E-state index is 5.32. The Balaban J connectivity index is 0.000000810. The van der Waals surface area contributed by atoms with Gasteiger partial charge in [0.1, 0.15) is 0 Å². The van der Waals surface area contributed by atoms with Crippen molar-refractivity contribution < 1.29 is 44.8 Å². The van der Waals surface area contributed by atoms with E-state index in [0.717, 1.165) is 26.1 Å². The molecule has 1 saturated heterocycles. The molecule has 0 unspecified atom stereocenters. The summed E-state index contributed by atoms with van der Waals surface area (Å²) in [4.78, 5) is 0. The van der Waals surface area contributed by atoms with E-state index in [2.05, 4.69) is 0 Å². The van der Waals surface area contributed by atoms with Crippen LogP contribution in [-0.2, 0) is 27.8 Å². The molecule has 0 amide bonds. The molecule has 1 aliphatic rings. The Morgan fingerprint density at radius 1 is 1.30 bits per heavy atom. The summed E-state index contributed by atoms with van der Waals surface area (Å²) in [7, 11) is 0. The van der Waals surface area contributed by atoms with Crippen LogP contribution in [0.15, 0.2) is 0 Å². The minimum absolute atomic E-state index is 0. The summed E-state index contributed by atoms with van der Waals surface area (Å²) < 4.78 is 10.6. The Kier molecular flexibility index (Phi) is 7.40. The number of hydrogen-bond acceptors (Lipinski definition) is 2. The zero-order valence-corrected chi connectivity index (χ0v) is 10.6. The molecule has 0 aliphatic carbocycles. The normalized spacial score (nSPS) is 20.2. The third kappa shape index (κ3) is 4.02. The Bertz CT molecular complexity index is 73.4. The van der Waals surface area contributed by atoms with Crippen LogP contribution >= 0.6 is 0 Å². The predicted octanol–water partition coefficient (Wildman–Crippen LogP) is -1.89. The van der Waals surface area contributed by atoms with Crippen LogP contribution in [0.25, 0.3) is 0 Å². The van der Waals surface area contributed by atoms with Crippen molar-refractivity contribution in [1.29, 1.82) is 0 Å². The average Bonchev–Trinajstić information content (AvgIpc) is 1.91. The van der Waals surface area contributed by atoms with Gasteiger partial charge in [0.2, 0.25) is 0 Å². The molecule has 1 rings (SSSR count). The van der Waals surface area contributed by atoms with Crippen molar-refractivity contribution in [2.75, 3.05) is 13.2 Å². The summed E-state index contributed by atoms with van der Waals surface area (Å²) in [6, 6.07) is 0. The molecule has 0 spiro atoms. The van der Waals surface area contributed by atoms with Gasteiger partial charge in [0.15, 0.2) is 0 Å². The van der Waals surface area contributed by atoms with E-state index in [1.54, 1.807) is 0 Å². The number of ether oxygens (including phenoxy) is 2. The van der Waals surface area contributed by atoms with E-state index < -0.39 is 0 Å². The van der Waals surface area contributed by atoms with Crippen molar-refractivity contribution in [2.24, 2.45) is 0 Å². The number of hydrogen-bond donors (Lipinski definition) is 0. The van der Waals surface area contributed by atoms with Crippen LogP contribution in [0, 0.1) is 0 Å². The van der Waals surface area contributed by atoms with Crippen molar-refractivity contribution in [3.8, 4) is 0 Å². The standard InChI is InChI=1S/C6H11O2.BrH.Zn/c1-2-6-7-4-3-5-8-6;;/h6H,1-5H2;1H;/q;;+1/p-1. The first-order chi connectivity index (χ1) is 4.43. The fraction of sp³-hybridized carbons (Fsp3) is 1.00. The topological polar surface area (TPSA) is 18.5 Å². The van der Waals surface area contributed by atoms with Gasteiger partial charge >= 0.3 is 65.1 Å². The van der Waals surface area contributed by atoms with Gasteiger partial charge in [-0.3, -0.25) is 0 Å². The summed E-state index contributed by atoms with van der Waals surface area (Å²) in [5.41, 5.74) is 0. The summed E-state index contributed by atoms with van der Waals surface area (Å²) in [6.07, 6.45) is 2.30. The Hall–Kier alpha value is 1.02. The zero-order chi connectivity index (χ0) is 6.53. The SMILES string of the molecule is [Br-].[Zn+][CH2]CC1OCCCO1. The van der Waals surface area contributed by atoms with Crippen LogP contribution < -0.4 is 17.0 Å². The molecule has 1 aliphatic heterocycles. The van der Waals surface area contributed by atoms with Crippen molar-refractivity contribution >= 4 is 0 Å². The summed E-state index contributed by atoms with van der Waals surface area (Å²) >= 11 is 1.35. The number of halogens is 1. The van der Waals surface area contributed by atoms with E-state index >= 15 is 0 Å². The molecule has 0 aromatic carbocycles. The third-order valence-electron chi connectivity index (χ3n) is 1.34. The summed E-state index contributed by atoms with van der Waals surface area (Å²) in [5.74, 6) is 0. The number of rotatable bonds is 2. The van der Waals surface area contributed by atoms with Gasteiger partial charge in [-0.15, -0.1) is 0 Å². The molecule has 10 heavy (non-hydrogen) atoms. The molecule has 56 valence electrons. The van der Waals surface area contributed by atoms with Crippen molar-refractivity contribution in [1.82, 2.24) is 0 Å². The molecule has 0 radical (unpaired) electrons. The van der Waals surface area contributed by atoms with Gasteiger partial charge in [-0.25, -0.2) is 0 Å². The van der Waals surface area contributed by atoms with Gasteiger partial charge in [-0.2, -0.15) is 0 Å². The van der Waals surface area contributed by atoms with E-state index in [-0.39, 0.29) is 23.3 Å². The van der Waals surface area contributed by atoms with E-state index in [9.17, 15) is 0 Å². The first-order valence-corrected chi connectivity index (χ1v) is 5.56. The molecular formula is C6H11BrO2Zn. The van der Waals surface area contributed by atoms with E-state index in [1.165, 1.54) is 23.3 Å². The van der Waals surface area contributed by atoms with Gasteiger partial charge in [-0.05, 0) is 0 Å². The maximum atomic E-state index is 5.32. The van der Waals surface area contributed by atoms with Gasteiger partial charge in [0.05, 0.1) is 0 Å². The van der Waals surface area contributed by atoms with Crippen molar-refractivity contribution in [2.45, 2.75) is 24.1 Å². The van der Waals surface area contributed by atoms with Crippen molar-refractivity contribution in [3.05, 3.63) is 0 Å². The third-order valence-corrected chi connectivity index (χ3v) is 2.19. The monoisotopic (exact) mass is 258 g/mol.